The maximum absolute atomic E-state index is 13.8. The van der Waals surface area contributed by atoms with E-state index in [0.29, 0.717) is 64.8 Å². The second-order valence-electron chi connectivity index (χ2n) is 11.5. The molecule has 1 spiro atoms. The number of nitrogens with one attached hydrogen (secondary N) is 2. The van der Waals surface area contributed by atoms with Crippen molar-refractivity contribution in [2.75, 3.05) is 33.4 Å². The van der Waals surface area contributed by atoms with Gasteiger partial charge < -0.3 is 25.0 Å². The molecule has 2 aromatic rings. The van der Waals surface area contributed by atoms with E-state index in [0.717, 1.165) is 23.3 Å². The lowest BCUT2D eigenvalue weighted by Crippen LogP contribution is -2.58. The van der Waals surface area contributed by atoms with Gasteiger partial charge in [0.15, 0.2) is 0 Å². The molecule has 2 aromatic carbocycles. The average molecular weight is 560 g/mol. The molecule has 3 aliphatic heterocycles. The third kappa shape index (κ3) is 7.17. The topological polar surface area (TPSA) is 97.0 Å². The number of piperidine rings is 1. The molecular formula is C33H41N3O5. The Hall–Kier alpha value is -3.65. The molecule has 8 heteroatoms. The minimum Gasteiger partial charge on any atom is -0.497 e. The van der Waals surface area contributed by atoms with E-state index in [4.69, 9.17) is 9.47 Å². The third-order valence-electron chi connectivity index (χ3n) is 8.88. The third-order valence-corrected chi connectivity index (χ3v) is 8.88. The summed E-state index contributed by atoms with van der Waals surface area (Å²) in [6.45, 7) is 2.23. The molecule has 5 rings (SSSR count). The van der Waals surface area contributed by atoms with Gasteiger partial charge in [0, 0.05) is 44.7 Å². The Morgan fingerprint density at radius 1 is 1.00 bits per heavy atom. The zero-order valence-corrected chi connectivity index (χ0v) is 23.8. The van der Waals surface area contributed by atoms with Gasteiger partial charge in [0.1, 0.15) is 11.8 Å². The number of benzene rings is 2. The van der Waals surface area contributed by atoms with Crippen LogP contribution in [0, 0.1) is 11.3 Å². The molecule has 2 fully saturated rings. The Kier molecular flexibility index (Phi) is 9.39. The quantitative estimate of drug-likeness (QED) is 0.547. The number of nitrogens with zero attached hydrogens (tertiary/aromatic N) is 1. The van der Waals surface area contributed by atoms with Crippen molar-refractivity contribution in [3.8, 4) is 5.75 Å². The van der Waals surface area contributed by atoms with Crippen LogP contribution in [0.1, 0.15) is 43.2 Å². The predicted octanol–water partition coefficient (Wildman–Crippen LogP) is 3.45. The van der Waals surface area contributed by atoms with Gasteiger partial charge >= 0.3 is 0 Å². The van der Waals surface area contributed by atoms with Crippen LogP contribution in [0.25, 0.3) is 0 Å². The summed E-state index contributed by atoms with van der Waals surface area (Å²) in [7, 11) is 1.63. The zero-order valence-electron chi connectivity index (χ0n) is 23.8. The van der Waals surface area contributed by atoms with Crippen molar-refractivity contribution in [3.05, 3.63) is 77.9 Å². The van der Waals surface area contributed by atoms with Crippen LogP contribution in [-0.4, -0.2) is 68.1 Å². The average Bonchev–Trinajstić information content (AvgIpc) is 3.00. The lowest BCUT2D eigenvalue weighted by atomic mass is 9.75. The number of likely N-dealkylation sites (tertiary alicyclic amines) is 1. The summed E-state index contributed by atoms with van der Waals surface area (Å²) in [4.78, 5) is 42.7. The second kappa shape index (κ2) is 13.3. The Labute approximate surface area is 242 Å². The van der Waals surface area contributed by atoms with E-state index in [-0.39, 0.29) is 29.7 Å². The van der Waals surface area contributed by atoms with Crippen molar-refractivity contribution in [1.29, 1.82) is 0 Å². The van der Waals surface area contributed by atoms with Gasteiger partial charge in [-0.1, -0.05) is 54.6 Å². The first-order valence-corrected chi connectivity index (χ1v) is 14.7. The van der Waals surface area contributed by atoms with Gasteiger partial charge in [-0.05, 0) is 55.4 Å². The molecule has 0 aliphatic carbocycles. The van der Waals surface area contributed by atoms with Gasteiger partial charge in [0.2, 0.25) is 17.7 Å². The van der Waals surface area contributed by atoms with Gasteiger partial charge in [-0.25, -0.2) is 0 Å². The lowest BCUT2D eigenvalue weighted by Gasteiger charge is -2.40. The van der Waals surface area contributed by atoms with Gasteiger partial charge in [0.05, 0.1) is 18.9 Å². The molecule has 0 bridgehead atoms. The zero-order chi connectivity index (χ0) is 28.7. The molecule has 0 aromatic heterocycles. The van der Waals surface area contributed by atoms with Crippen LogP contribution in [0.2, 0.25) is 0 Å². The van der Waals surface area contributed by atoms with Crippen molar-refractivity contribution in [2.45, 2.75) is 57.0 Å². The first-order chi connectivity index (χ1) is 20.0. The van der Waals surface area contributed by atoms with Crippen LogP contribution in [0.5, 0.6) is 5.75 Å². The fraction of sp³-hybridized carbons (Fsp3) is 0.485. The number of ether oxygens (including phenoxy) is 2. The molecule has 0 saturated carbocycles. The van der Waals surface area contributed by atoms with Crippen LogP contribution in [0.15, 0.2) is 66.7 Å². The standard InChI is InChI=1S/C33H41N3O5/c1-40-27-12-10-25(11-13-27)22-30(37)36-18-14-28-26(23-36)9-5-6-15-33(16-19-41-20-17-33)32(39)35-29(31(38)34-28)21-24-7-3-2-4-8-24/h2-8,10-13,26,28-29H,9,14-23H2,1H3,(H,34,38)(H,35,39)/b6-5+/t26-,28+,29-/m1/s1. The highest BCUT2D eigenvalue weighted by Crippen LogP contribution is 2.36. The largest absolute Gasteiger partial charge is 0.497 e. The van der Waals surface area contributed by atoms with Gasteiger partial charge in [-0.2, -0.15) is 0 Å². The summed E-state index contributed by atoms with van der Waals surface area (Å²) in [5, 5.41) is 6.41. The monoisotopic (exact) mass is 559 g/mol. The van der Waals surface area contributed by atoms with E-state index in [9.17, 15) is 14.4 Å². The predicted molar refractivity (Wildman–Crippen MR) is 156 cm³/mol. The maximum atomic E-state index is 13.8. The summed E-state index contributed by atoms with van der Waals surface area (Å²) in [5.74, 6) is 0.703. The smallest absolute Gasteiger partial charge is 0.243 e. The summed E-state index contributed by atoms with van der Waals surface area (Å²) >= 11 is 0. The number of hydrogen-bond acceptors (Lipinski definition) is 5. The minimum atomic E-state index is -0.677. The molecule has 0 radical (unpaired) electrons. The van der Waals surface area contributed by atoms with Crippen LogP contribution < -0.4 is 15.4 Å². The van der Waals surface area contributed by atoms with E-state index >= 15 is 0 Å². The van der Waals surface area contributed by atoms with Crippen LogP contribution >= 0.6 is 0 Å². The van der Waals surface area contributed by atoms with E-state index < -0.39 is 11.5 Å². The number of rotatable bonds is 5. The summed E-state index contributed by atoms with van der Waals surface area (Å²) in [6.07, 6.45) is 8.28. The lowest BCUT2D eigenvalue weighted by molar-refractivity contribution is -0.140. The van der Waals surface area contributed by atoms with Crippen molar-refractivity contribution in [1.82, 2.24) is 15.5 Å². The Bertz CT molecular complexity index is 1220. The maximum Gasteiger partial charge on any atom is 0.243 e. The molecule has 0 unspecified atom stereocenters. The minimum absolute atomic E-state index is 0.0717. The van der Waals surface area contributed by atoms with Crippen molar-refractivity contribution < 1.29 is 23.9 Å². The molecule has 3 aliphatic rings. The van der Waals surface area contributed by atoms with E-state index in [1.807, 2.05) is 59.5 Å². The van der Waals surface area contributed by atoms with Crippen LogP contribution in [0.4, 0.5) is 0 Å². The normalized spacial score (nSPS) is 25.6. The van der Waals surface area contributed by atoms with Crippen molar-refractivity contribution >= 4 is 17.7 Å². The first-order valence-electron chi connectivity index (χ1n) is 14.7. The molecule has 3 atom stereocenters. The summed E-state index contributed by atoms with van der Waals surface area (Å²) < 4.78 is 10.8. The van der Waals surface area contributed by atoms with E-state index in [2.05, 4.69) is 22.8 Å². The highest BCUT2D eigenvalue weighted by Gasteiger charge is 2.41. The number of allylic oxidation sites excluding steroid dienone is 2. The van der Waals surface area contributed by atoms with E-state index in [1.165, 1.54) is 0 Å². The van der Waals surface area contributed by atoms with Crippen molar-refractivity contribution in [3.63, 3.8) is 0 Å². The first kappa shape index (κ1) is 28.9. The highest BCUT2D eigenvalue weighted by molar-refractivity contribution is 5.90. The second-order valence-corrected chi connectivity index (χ2v) is 11.5. The Morgan fingerprint density at radius 2 is 1.76 bits per heavy atom. The fourth-order valence-corrected chi connectivity index (χ4v) is 6.24. The number of amides is 3. The van der Waals surface area contributed by atoms with Crippen molar-refractivity contribution in [2.24, 2.45) is 11.3 Å². The van der Waals surface area contributed by atoms with Crippen LogP contribution in [0.3, 0.4) is 0 Å². The summed E-state index contributed by atoms with van der Waals surface area (Å²) in [5.41, 5.74) is 1.36. The molecular weight excluding hydrogens is 518 g/mol. The molecule has 8 nitrogen and oxygen atoms in total. The number of fused-ring (bicyclic) bond motifs is 1. The van der Waals surface area contributed by atoms with Crippen LogP contribution in [-0.2, 0) is 32.0 Å². The molecule has 2 N–H and O–H groups in total. The number of methoxy groups -OCH3 is 1. The SMILES string of the molecule is COc1ccc(CC(=O)N2CC[C@@H]3NC(=O)[C@@H](Cc4ccccc4)NC(=O)C4(C/C=C/C[C@@H]3C2)CCOCC4)cc1. The molecule has 41 heavy (non-hydrogen) atoms. The highest BCUT2D eigenvalue weighted by atomic mass is 16.5. The molecule has 218 valence electrons. The van der Waals surface area contributed by atoms with E-state index in [1.54, 1.807) is 7.11 Å². The number of carbonyl (C=O) groups is 3. The molecule has 3 amide bonds. The number of hydrogen-bond donors (Lipinski definition) is 2. The summed E-state index contributed by atoms with van der Waals surface area (Å²) in [6, 6.07) is 16.7. The molecule has 3 heterocycles. The fourth-order valence-electron chi connectivity index (χ4n) is 6.24. The number of carbonyl (C=O) groups excluding carboxylic acids is 3. The van der Waals surface area contributed by atoms with Gasteiger partial charge in [-0.15, -0.1) is 0 Å². The Balaban J connectivity index is 1.34. The van der Waals surface area contributed by atoms with Gasteiger partial charge in [-0.3, -0.25) is 14.4 Å². The Morgan fingerprint density at radius 3 is 2.49 bits per heavy atom. The van der Waals surface area contributed by atoms with Gasteiger partial charge in [0.25, 0.3) is 0 Å². The molecule has 2 saturated heterocycles.